The summed E-state index contributed by atoms with van der Waals surface area (Å²) >= 11 is 0. The molecule has 0 atom stereocenters. The average molecular weight is 739 g/mol. The summed E-state index contributed by atoms with van der Waals surface area (Å²) in [5.41, 5.74) is 5.25. The number of hydrogen-bond donors (Lipinski definition) is 2. The van der Waals surface area contributed by atoms with E-state index >= 15 is 0 Å². The molecular weight excluding hydrogens is 688 g/mol. The number of carbonyl (C=O) groups excluding carboxylic acids is 2. The monoisotopic (exact) mass is 738 g/mol. The molecule has 4 aromatic rings. The van der Waals surface area contributed by atoms with Crippen LogP contribution in [0.5, 0.6) is 28.7 Å². The van der Waals surface area contributed by atoms with E-state index in [0.717, 1.165) is 40.8 Å². The lowest BCUT2D eigenvalue weighted by molar-refractivity contribution is -0.131. The van der Waals surface area contributed by atoms with Crippen LogP contribution < -0.4 is 23.7 Å². The van der Waals surface area contributed by atoms with Gasteiger partial charge in [-0.15, -0.1) is 0 Å². The Hall–Kier alpha value is -5.42. The fourth-order valence-electron chi connectivity index (χ4n) is 5.23. The highest BCUT2D eigenvalue weighted by molar-refractivity contribution is 5.92. The number of carbonyl (C=O) groups is 2. The molecule has 0 radical (unpaired) electrons. The molecule has 10 heteroatoms. The molecule has 0 aromatic heterocycles. The Balaban J connectivity index is 1.77. The number of aliphatic hydroxyl groups is 2. The molecular formula is C44H50O10. The maximum atomic E-state index is 12.9. The van der Waals surface area contributed by atoms with Gasteiger partial charge in [0.1, 0.15) is 5.75 Å². The van der Waals surface area contributed by atoms with E-state index in [1.807, 2.05) is 54.6 Å². The first-order valence-corrected chi connectivity index (χ1v) is 18.0. The highest BCUT2D eigenvalue weighted by Gasteiger charge is 2.22. The minimum absolute atomic E-state index is 0.00872. The minimum Gasteiger partial charge on any atom is -0.494 e. The van der Waals surface area contributed by atoms with Crippen molar-refractivity contribution in [2.24, 2.45) is 0 Å². The summed E-state index contributed by atoms with van der Waals surface area (Å²) in [4.78, 5) is 25.4. The Morgan fingerprint density at radius 1 is 0.537 bits per heavy atom. The predicted molar refractivity (Wildman–Crippen MR) is 209 cm³/mol. The van der Waals surface area contributed by atoms with Crippen LogP contribution in [-0.4, -0.2) is 68.9 Å². The van der Waals surface area contributed by atoms with Gasteiger partial charge in [-0.1, -0.05) is 55.6 Å². The molecule has 0 aliphatic carbocycles. The lowest BCUT2D eigenvalue weighted by Crippen LogP contribution is -2.11. The molecule has 0 saturated heterocycles. The van der Waals surface area contributed by atoms with Gasteiger partial charge < -0.3 is 38.6 Å². The molecule has 0 saturated carbocycles. The lowest BCUT2D eigenvalue weighted by atomic mass is 9.95. The Morgan fingerprint density at radius 2 is 1.04 bits per heavy atom. The van der Waals surface area contributed by atoms with Gasteiger partial charge in [-0.05, 0) is 104 Å². The number of aliphatic hydroxyl groups excluding tert-OH is 2. The first-order chi connectivity index (χ1) is 26.1. The fourth-order valence-corrected chi connectivity index (χ4v) is 5.23. The van der Waals surface area contributed by atoms with E-state index in [2.05, 4.69) is 13.2 Å². The summed E-state index contributed by atoms with van der Waals surface area (Å²) in [5.74, 6) is 0.502. The molecule has 0 aliphatic rings. The van der Waals surface area contributed by atoms with E-state index in [1.54, 1.807) is 45.2 Å². The predicted octanol–water partition coefficient (Wildman–Crippen LogP) is 8.37. The van der Waals surface area contributed by atoms with Gasteiger partial charge in [-0.2, -0.15) is 0 Å². The molecule has 0 bridgehead atoms. The molecule has 0 unspecified atom stereocenters. The number of ether oxygens (including phenoxy) is 6. The fraction of sp³-hybridized carbons (Fsp3) is 0.318. The number of unbranched alkanes of at least 4 members (excludes halogenated alkanes) is 2. The van der Waals surface area contributed by atoms with Crippen molar-refractivity contribution in [3.8, 4) is 62.1 Å². The molecule has 0 aliphatic heterocycles. The van der Waals surface area contributed by atoms with Gasteiger partial charge in [0, 0.05) is 50.1 Å². The minimum atomic E-state index is -0.619. The molecule has 0 amide bonds. The Bertz CT molecular complexity index is 1860. The van der Waals surface area contributed by atoms with Crippen LogP contribution >= 0.6 is 0 Å². The zero-order chi connectivity index (χ0) is 38.9. The quantitative estimate of drug-likeness (QED) is 0.0351. The molecule has 286 valence electrons. The second kappa shape index (κ2) is 21.3. The van der Waals surface area contributed by atoms with Crippen LogP contribution in [0.15, 0.2) is 103 Å². The molecule has 0 fully saturated rings. The first-order valence-electron chi connectivity index (χ1n) is 18.0. The molecule has 4 rings (SSSR count). The lowest BCUT2D eigenvalue weighted by Gasteiger charge is -2.19. The van der Waals surface area contributed by atoms with Gasteiger partial charge in [0.2, 0.25) is 0 Å². The van der Waals surface area contributed by atoms with Crippen molar-refractivity contribution in [2.75, 3.05) is 46.8 Å². The average Bonchev–Trinajstić information content (AvgIpc) is 3.17. The smallest absolute Gasteiger partial charge is 0.338 e. The van der Waals surface area contributed by atoms with Crippen LogP contribution in [0.3, 0.4) is 0 Å². The molecule has 2 N–H and O–H groups in total. The van der Waals surface area contributed by atoms with Crippen LogP contribution in [0.25, 0.3) is 33.4 Å². The largest absolute Gasteiger partial charge is 0.494 e. The van der Waals surface area contributed by atoms with Gasteiger partial charge in [-0.3, -0.25) is 0 Å². The summed E-state index contributed by atoms with van der Waals surface area (Å²) in [5, 5.41) is 18.8. The summed E-state index contributed by atoms with van der Waals surface area (Å²) in [7, 11) is 1.69. The highest BCUT2D eigenvalue weighted by Crippen LogP contribution is 2.45. The van der Waals surface area contributed by atoms with E-state index in [0.29, 0.717) is 49.4 Å². The Labute approximate surface area is 317 Å². The van der Waals surface area contributed by atoms with Crippen molar-refractivity contribution in [3.05, 3.63) is 103 Å². The summed E-state index contributed by atoms with van der Waals surface area (Å²) in [6, 6.07) is 24.7. The zero-order valence-electron chi connectivity index (χ0n) is 31.4. The van der Waals surface area contributed by atoms with Crippen LogP contribution in [0, 0.1) is 0 Å². The third-order valence-electron chi connectivity index (χ3n) is 8.19. The third kappa shape index (κ3) is 12.1. The highest BCUT2D eigenvalue weighted by atomic mass is 16.6. The number of hydrogen-bond acceptors (Lipinski definition) is 10. The van der Waals surface area contributed by atoms with E-state index in [9.17, 15) is 19.8 Å². The second-order valence-corrected chi connectivity index (χ2v) is 12.7. The number of rotatable bonds is 22. The number of benzene rings is 4. The van der Waals surface area contributed by atoms with Crippen LogP contribution in [-0.2, 0) is 14.3 Å². The van der Waals surface area contributed by atoms with Gasteiger partial charge in [-0.25, -0.2) is 9.59 Å². The Kier molecular flexibility index (Phi) is 16.3. The number of esters is 2. The van der Waals surface area contributed by atoms with Gasteiger partial charge >= 0.3 is 11.9 Å². The molecule has 10 nitrogen and oxygen atoms in total. The Morgan fingerprint density at radius 3 is 1.65 bits per heavy atom. The van der Waals surface area contributed by atoms with Gasteiger partial charge in [0.25, 0.3) is 0 Å². The topological polar surface area (TPSA) is 130 Å². The van der Waals surface area contributed by atoms with Gasteiger partial charge in [0.05, 0.1) is 19.8 Å². The second-order valence-electron chi connectivity index (χ2n) is 12.7. The van der Waals surface area contributed by atoms with E-state index in [1.165, 1.54) is 0 Å². The summed E-state index contributed by atoms with van der Waals surface area (Å²) in [6.45, 7) is 12.2. The zero-order valence-corrected chi connectivity index (χ0v) is 31.4. The SMILES string of the molecule is C=C(C)C(=O)Oc1ccc(-c2cc(-c3ccc(-c4ccc(OCCCCOC)cc4)cc3)cc(OC(=O)C(=C)C)c2OCCCCO)cc1OCCCO. The normalized spacial score (nSPS) is 10.8. The van der Waals surface area contributed by atoms with Crippen molar-refractivity contribution in [2.45, 2.75) is 46.0 Å². The van der Waals surface area contributed by atoms with Crippen LogP contribution in [0.2, 0.25) is 0 Å². The third-order valence-corrected chi connectivity index (χ3v) is 8.19. The maximum absolute atomic E-state index is 12.9. The number of methoxy groups -OCH3 is 1. The molecule has 0 spiro atoms. The van der Waals surface area contributed by atoms with Crippen molar-refractivity contribution in [3.63, 3.8) is 0 Å². The van der Waals surface area contributed by atoms with Crippen molar-refractivity contribution in [1.82, 2.24) is 0 Å². The van der Waals surface area contributed by atoms with Crippen molar-refractivity contribution >= 4 is 11.9 Å². The first kappa shape index (κ1) is 41.3. The molecule has 54 heavy (non-hydrogen) atoms. The van der Waals surface area contributed by atoms with Crippen molar-refractivity contribution < 1.29 is 48.2 Å². The van der Waals surface area contributed by atoms with Gasteiger partial charge in [0.15, 0.2) is 23.0 Å². The summed E-state index contributed by atoms with van der Waals surface area (Å²) < 4.78 is 34.7. The van der Waals surface area contributed by atoms with Crippen LogP contribution in [0.1, 0.15) is 46.0 Å². The van der Waals surface area contributed by atoms with Crippen LogP contribution in [0.4, 0.5) is 0 Å². The molecule has 0 heterocycles. The van der Waals surface area contributed by atoms with E-state index in [-0.39, 0.29) is 54.8 Å². The summed E-state index contributed by atoms with van der Waals surface area (Å²) in [6.07, 6.45) is 3.30. The molecule has 4 aromatic carbocycles. The maximum Gasteiger partial charge on any atom is 0.338 e. The van der Waals surface area contributed by atoms with E-state index in [4.69, 9.17) is 28.4 Å². The van der Waals surface area contributed by atoms with Crippen molar-refractivity contribution in [1.29, 1.82) is 0 Å². The standard InChI is InChI=1S/C44H50O10/c1-30(2)43(47)53-39-20-17-35(28-40(39)51-26-10-22-46)38-27-36(29-41(54-44(48)31(3)4)42(38)52-25-7-6-21-45)34-13-11-32(12-14-34)33-15-18-37(19-16-33)50-24-9-8-23-49-5/h11-20,27-29,45-46H,1,3,6-10,21-26H2,2,4-5H3. The van der Waals surface area contributed by atoms with E-state index < -0.39 is 11.9 Å².